The molecule has 6 fully saturated rings. The van der Waals surface area contributed by atoms with Crippen molar-refractivity contribution in [2.45, 2.75) is 111 Å². The molecule has 1 aromatic carbocycles. The van der Waals surface area contributed by atoms with E-state index in [0.29, 0.717) is 65.8 Å². The number of rotatable bonds is 8. The first-order chi connectivity index (χ1) is 25.5. The molecular formula is C45H69N3O5S. The van der Waals surface area contributed by atoms with E-state index in [-0.39, 0.29) is 27.2 Å². The van der Waals surface area contributed by atoms with Gasteiger partial charge in [-0.25, -0.2) is 13.2 Å². The number of sulfone groups is 1. The molecule has 54 heavy (non-hydrogen) atoms. The molecule has 0 aromatic heterocycles. The number of carbonyl (C=O) groups is 1. The van der Waals surface area contributed by atoms with Gasteiger partial charge in [-0.15, -0.1) is 0 Å². The summed E-state index contributed by atoms with van der Waals surface area (Å²) in [7, 11) is -2.87. The van der Waals surface area contributed by atoms with Crippen molar-refractivity contribution in [3.05, 3.63) is 41.5 Å². The molecule has 2 saturated heterocycles. The van der Waals surface area contributed by atoms with Crippen LogP contribution in [0.25, 0.3) is 5.57 Å². The SMILES string of the molecule is CC(C1CC[C@]2(NCCN3CCS(=O)(=O)CC3)CC[C@]3(C)[C@H](CC[C@@H]4[C@@]5(C)CC=C(c6ccc(C(=O)O)cc6)C(C)(C)[C@@H]5CC[C@]43C)[C@@H]12)N1CCOCC1. The van der Waals surface area contributed by atoms with E-state index < -0.39 is 15.8 Å². The molecule has 1 aromatic rings. The number of hydrogen-bond acceptors (Lipinski definition) is 7. The van der Waals surface area contributed by atoms with Crippen molar-refractivity contribution in [3.8, 4) is 0 Å². The van der Waals surface area contributed by atoms with E-state index in [0.717, 1.165) is 45.8 Å². The highest BCUT2D eigenvalue weighted by Gasteiger charge is 2.70. The molecule has 5 aliphatic carbocycles. The summed E-state index contributed by atoms with van der Waals surface area (Å²) in [6, 6.07) is 8.17. The van der Waals surface area contributed by atoms with E-state index in [9.17, 15) is 18.3 Å². The largest absolute Gasteiger partial charge is 0.478 e. The van der Waals surface area contributed by atoms with Gasteiger partial charge in [-0.3, -0.25) is 4.90 Å². The molecule has 0 radical (unpaired) electrons. The molecule has 0 spiro atoms. The smallest absolute Gasteiger partial charge is 0.335 e. The van der Waals surface area contributed by atoms with Gasteiger partial charge in [0.25, 0.3) is 0 Å². The molecule has 0 bridgehead atoms. The maximum Gasteiger partial charge on any atom is 0.335 e. The quantitative estimate of drug-likeness (QED) is 0.286. The predicted octanol–water partition coefficient (Wildman–Crippen LogP) is 7.25. The zero-order chi connectivity index (χ0) is 38.3. The number of aromatic carboxylic acids is 1. The van der Waals surface area contributed by atoms with Gasteiger partial charge in [0.15, 0.2) is 9.84 Å². The van der Waals surface area contributed by atoms with Crippen LogP contribution in [0.1, 0.15) is 115 Å². The Balaban J connectivity index is 1.08. The van der Waals surface area contributed by atoms with Gasteiger partial charge in [0.1, 0.15) is 0 Å². The Morgan fingerprint density at radius 1 is 0.889 bits per heavy atom. The van der Waals surface area contributed by atoms with E-state index in [1.54, 1.807) is 12.1 Å². The Hall–Kier alpha value is -1.78. The van der Waals surface area contributed by atoms with Gasteiger partial charge in [-0.05, 0) is 139 Å². The van der Waals surface area contributed by atoms with Crippen LogP contribution in [0.2, 0.25) is 0 Å². The predicted molar refractivity (Wildman–Crippen MR) is 216 cm³/mol. The third-order valence-electron chi connectivity index (χ3n) is 18.1. The molecule has 2 aliphatic heterocycles. The average molecular weight is 764 g/mol. The summed E-state index contributed by atoms with van der Waals surface area (Å²) < 4.78 is 30.1. The van der Waals surface area contributed by atoms with Gasteiger partial charge in [-0.1, -0.05) is 52.8 Å². The summed E-state index contributed by atoms with van der Waals surface area (Å²) in [6.07, 6.45) is 13.9. The number of benzene rings is 1. The third kappa shape index (κ3) is 6.19. The van der Waals surface area contributed by atoms with Crippen molar-refractivity contribution in [2.24, 2.45) is 51.2 Å². The Bertz CT molecular complexity index is 1710. The lowest BCUT2D eigenvalue weighted by atomic mass is 9.33. The lowest BCUT2D eigenvalue weighted by Crippen LogP contribution is -2.68. The summed E-state index contributed by atoms with van der Waals surface area (Å²) in [6.45, 7) is 22.6. The third-order valence-corrected chi connectivity index (χ3v) is 19.7. The summed E-state index contributed by atoms with van der Waals surface area (Å²) >= 11 is 0. The highest BCUT2D eigenvalue weighted by Crippen LogP contribution is 2.76. The maximum atomic E-state index is 12.1. The number of morpholine rings is 1. The van der Waals surface area contributed by atoms with E-state index in [4.69, 9.17) is 4.74 Å². The number of carboxylic acid groups (broad SMARTS) is 1. The molecule has 8 rings (SSSR count). The summed E-state index contributed by atoms with van der Waals surface area (Å²) in [5.74, 6) is 2.98. The first-order valence-electron chi connectivity index (χ1n) is 21.6. The fourth-order valence-electron chi connectivity index (χ4n) is 15.1. The van der Waals surface area contributed by atoms with Crippen LogP contribution in [0.3, 0.4) is 0 Å². The molecule has 2 N–H and O–H groups in total. The van der Waals surface area contributed by atoms with Gasteiger partial charge in [-0.2, -0.15) is 0 Å². The molecule has 0 amide bonds. The first-order valence-corrected chi connectivity index (χ1v) is 23.4. The number of nitrogens with zero attached hydrogens (tertiary/aromatic N) is 2. The highest BCUT2D eigenvalue weighted by molar-refractivity contribution is 7.91. The number of carboxylic acids is 1. The minimum atomic E-state index is -2.87. The summed E-state index contributed by atoms with van der Waals surface area (Å²) in [5, 5.41) is 13.8. The molecule has 300 valence electrons. The number of ether oxygens (including phenoxy) is 1. The van der Waals surface area contributed by atoms with Gasteiger partial charge < -0.3 is 20.1 Å². The van der Waals surface area contributed by atoms with Crippen LogP contribution in [-0.4, -0.2) is 105 Å². The van der Waals surface area contributed by atoms with Gasteiger partial charge in [0.2, 0.25) is 0 Å². The maximum absolute atomic E-state index is 12.1. The summed E-state index contributed by atoms with van der Waals surface area (Å²) in [4.78, 5) is 16.7. The first kappa shape index (κ1) is 39.1. The molecule has 7 aliphatic rings. The van der Waals surface area contributed by atoms with E-state index in [1.165, 1.54) is 62.5 Å². The standard InChI is InChI=1S/C45H69N3O5S/c1-31(48-23-27-53-28-24-48)34-13-18-45(46-21-22-47-25-29-54(51,52)30-26-47)20-19-43(5)36(39(34)45)11-12-38-42(4)16-14-35(32-7-9-33(10-8-32)40(49)50)41(2,3)37(42)15-17-44(38,43)6/h7-10,14,31,34,36-39,46H,11-13,15-30H2,1-6H3,(H,49,50)/t31?,34?,36-,37+,38-,39-,42+,43-,44-,45+/m1/s1. The fourth-order valence-corrected chi connectivity index (χ4v) is 16.4. The molecule has 4 saturated carbocycles. The van der Waals surface area contributed by atoms with Crippen molar-refractivity contribution in [1.29, 1.82) is 0 Å². The Labute approximate surface area is 326 Å². The second-order valence-corrected chi connectivity index (χ2v) is 22.6. The number of allylic oxidation sites excluding steroid dienone is 2. The topological polar surface area (TPSA) is 99.2 Å². The van der Waals surface area contributed by atoms with E-state index in [2.05, 4.69) is 62.7 Å². The number of hydrogen-bond donors (Lipinski definition) is 2. The zero-order valence-corrected chi connectivity index (χ0v) is 35.0. The molecule has 9 heteroatoms. The molecule has 8 nitrogen and oxygen atoms in total. The number of nitrogens with one attached hydrogen (secondary N) is 1. The monoisotopic (exact) mass is 763 g/mol. The van der Waals surface area contributed by atoms with Crippen LogP contribution in [0, 0.1) is 51.2 Å². The van der Waals surface area contributed by atoms with Crippen molar-refractivity contribution >= 4 is 21.4 Å². The van der Waals surface area contributed by atoms with Crippen LogP contribution >= 0.6 is 0 Å². The molecule has 10 atom stereocenters. The summed E-state index contributed by atoms with van der Waals surface area (Å²) in [5.41, 5.74) is 3.86. The zero-order valence-electron chi connectivity index (χ0n) is 34.2. The second kappa shape index (κ2) is 14.0. The van der Waals surface area contributed by atoms with Gasteiger partial charge in [0, 0.05) is 50.8 Å². The average Bonchev–Trinajstić information content (AvgIpc) is 3.52. The number of fused-ring (bicyclic) bond motifs is 7. The van der Waals surface area contributed by atoms with Crippen molar-refractivity contribution in [1.82, 2.24) is 15.1 Å². The van der Waals surface area contributed by atoms with Gasteiger partial charge >= 0.3 is 5.97 Å². The normalized spacial score (nSPS) is 42.5. The lowest BCUT2D eigenvalue weighted by Gasteiger charge is -2.72. The Morgan fingerprint density at radius 2 is 1.59 bits per heavy atom. The Kier molecular flexibility index (Phi) is 10.1. The second-order valence-electron chi connectivity index (χ2n) is 20.3. The van der Waals surface area contributed by atoms with Crippen molar-refractivity contribution in [3.63, 3.8) is 0 Å². The van der Waals surface area contributed by atoms with E-state index in [1.807, 2.05) is 12.1 Å². The van der Waals surface area contributed by atoms with E-state index >= 15 is 0 Å². The molecular weight excluding hydrogens is 695 g/mol. The molecule has 2 heterocycles. The van der Waals surface area contributed by atoms with Crippen LogP contribution in [-0.2, 0) is 14.6 Å². The Morgan fingerprint density at radius 3 is 2.28 bits per heavy atom. The minimum Gasteiger partial charge on any atom is -0.478 e. The lowest BCUT2D eigenvalue weighted by molar-refractivity contribution is -0.222. The molecule has 2 unspecified atom stereocenters. The van der Waals surface area contributed by atoms with Crippen molar-refractivity contribution in [2.75, 3.05) is 64.0 Å². The van der Waals surface area contributed by atoms with Crippen LogP contribution in [0.15, 0.2) is 30.3 Å². The fraction of sp³-hybridized carbons (Fsp3) is 0.800. The minimum absolute atomic E-state index is 0.00510. The van der Waals surface area contributed by atoms with Crippen molar-refractivity contribution < 1.29 is 23.1 Å². The van der Waals surface area contributed by atoms with Crippen LogP contribution in [0.4, 0.5) is 0 Å². The van der Waals surface area contributed by atoms with Crippen LogP contribution < -0.4 is 5.32 Å². The van der Waals surface area contributed by atoms with Gasteiger partial charge in [0.05, 0.1) is 30.3 Å². The highest BCUT2D eigenvalue weighted by atomic mass is 32.2. The van der Waals surface area contributed by atoms with Crippen LogP contribution in [0.5, 0.6) is 0 Å².